The number of aliphatic hydroxyl groups is 1. The van der Waals surface area contributed by atoms with E-state index in [1.807, 2.05) is 44.4 Å². The second-order valence-corrected chi connectivity index (χ2v) is 7.79. The predicted octanol–water partition coefficient (Wildman–Crippen LogP) is 3.65. The van der Waals surface area contributed by atoms with Crippen LogP contribution >= 0.6 is 11.3 Å². The molecule has 1 heterocycles. The van der Waals surface area contributed by atoms with Crippen LogP contribution in [0.1, 0.15) is 42.6 Å². The van der Waals surface area contributed by atoms with Crippen molar-refractivity contribution in [2.45, 2.75) is 40.2 Å². The molecule has 2 N–H and O–H groups in total. The highest BCUT2D eigenvalue weighted by Crippen LogP contribution is 2.23. The molecule has 1 aromatic carbocycles. The molecular formula is C18H24N2O2S. The first-order chi connectivity index (χ1) is 10.8. The van der Waals surface area contributed by atoms with Crippen LogP contribution in [0.2, 0.25) is 0 Å². The maximum atomic E-state index is 12.4. The highest BCUT2D eigenvalue weighted by Gasteiger charge is 2.21. The van der Waals surface area contributed by atoms with E-state index in [0.717, 1.165) is 16.3 Å². The minimum absolute atomic E-state index is 0.0996. The number of rotatable bonds is 6. The third-order valence-corrected chi connectivity index (χ3v) is 4.39. The van der Waals surface area contributed by atoms with Gasteiger partial charge < -0.3 is 10.4 Å². The molecule has 1 unspecified atom stereocenters. The summed E-state index contributed by atoms with van der Waals surface area (Å²) in [4.78, 5) is 16.8. The summed E-state index contributed by atoms with van der Waals surface area (Å²) >= 11 is 1.60. The molecule has 0 bridgehead atoms. The van der Waals surface area contributed by atoms with Gasteiger partial charge in [-0.05, 0) is 37.8 Å². The summed E-state index contributed by atoms with van der Waals surface area (Å²) in [7, 11) is 0. The zero-order chi connectivity index (χ0) is 17.0. The second kappa shape index (κ2) is 7.23. The fourth-order valence-corrected chi connectivity index (χ4v) is 3.23. The van der Waals surface area contributed by atoms with Gasteiger partial charge in [0.2, 0.25) is 0 Å². The Balaban J connectivity index is 2.05. The Hall–Kier alpha value is -1.72. The van der Waals surface area contributed by atoms with Crippen LogP contribution < -0.4 is 5.32 Å². The van der Waals surface area contributed by atoms with Crippen LogP contribution in [0.5, 0.6) is 0 Å². The smallest absolute Gasteiger partial charge is 0.251 e. The van der Waals surface area contributed by atoms with E-state index in [9.17, 15) is 9.90 Å². The number of nitrogens with one attached hydrogen (secondary N) is 1. The van der Waals surface area contributed by atoms with Crippen molar-refractivity contribution in [1.29, 1.82) is 0 Å². The third-order valence-electron chi connectivity index (χ3n) is 3.62. The molecule has 0 radical (unpaired) electrons. The molecule has 4 nitrogen and oxygen atoms in total. The lowest BCUT2D eigenvalue weighted by atomic mass is 9.87. The Labute approximate surface area is 141 Å². The van der Waals surface area contributed by atoms with E-state index in [1.54, 1.807) is 24.3 Å². The molecule has 0 saturated carbocycles. The molecule has 5 heteroatoms. The predicted molar refractivity (Wildman–Crippen MR) is 94.7 cm³/mol. The lowest BCUT2D eigenvalue weighted by Crippen LogP contribution is -2.35. The van der Waals surface area contributed by atoms with Crippen molar-refractivity contribution in [2.75, 3.05) is 6.54 Å². The number of carbonyl (C=O) groups excluding carboxylic acids is 1. The maximum Gasteiger partial charge on any atom is 0.251 e. The molecule has 0 aliphatic rings. The summed E-state index contributed by atoms with van der Waals surface area (Å²) in [5.74, 6) is -0.0996. The monoisotopic (exact) mass is 332 g/mol. The SMILES string of the molecule is Cc1nc(-c2cccc(C(=O)NCC(C)(C)CC(C)O)c2)cs1. The van der Waals surface area contributed by atoms with E-state index >= 15 is 0 Å². The van der Waals surface area contributed by atoms with Crippen molar-refractivity contribution >= 4 is 17.2 Å². The molecule has 0 aliphatic heterocycles. The van der Waals surface area contributed by atoms with Crippen molar-refractivity contribution < 1.29 is 9.90 Å². The zero-order valence-corrected chi connectivity index (χ0v) is 14.9. The van der Waals surface area contributed by atoms with Gasteiger partial charge in [-0.15, -0.1) is 11.3 Å². The van der Waals surface area contributed by atoms with Crippen molar-refractivity contribution in [1.82, 2.24) is 10.3 Å². The number of thiazole rings is 1. The highest BCUT2D eigenvalue weighted by molar-refractivity contribution is 7.09. The minimum atomic E-state index is -0.377. The van der Waals surface area contributed by atoms with Gasteiger partial charge in [0.25, 0.3) is 5.91 Å². The molecule has 2 rings (SSSR count). The summed E-state index contributed by atoms with van der Waals surface area (Å²) in [6.07, 6.45) is 0.268. The Bertz CT molecular complexity index is 677. The molecule has 1 aromatic heterocycles. The van der Waals surface area contributed by atoms with Gasteiger partial charge in [-0.1, -0.05) is 26.0 Å². The van der Waals surface area contributed by atoms with Crippen molar-refractivity contribution in [3.8, 4) is 11.3 Å². The van der Waals surface area contributed by atoms with E-state index in [-0.39, 0.29) is 17.4 Å². The lowest BCUT2D eigenvalue weighted by molar-refractivity contribution is 0.0902. The first-order valence-corrected chi connectivity index (χ1v) is 8.64. The van der Waals surface area contributed by atoms with Crippen molar-refractivity contribution in [3.05, 3.63) is 40.2 Å². The van der Waals surface area contributed by atoms with Gasteiger partial charge in [0.1, 0.15) is 0 Å². The van der Waals surface area contributed by atoms with Crippen LogP contribution in [0.4, 0.5) is 0 Å². The largest absolute Gasteiger partial charge is 0.393 e. The zero-order valence-electron chi connectivity index (χ0n) is 14.1. The van der Waals surface area contributed by atoms with Crippen LogP contribution in [-0.2, 0) is 0 Å². The van der Waals surface area contributed by atoms with Gasteiger partial charge in [0, 0.05) is 23.1 Å². The van der Waals surface area contributed by atoms with Crippen LogP contribution in [0.25, 0.3) is 11.3 Å². The Morgan fingerprint density at radius 2 is 2.17 bits per heavy atom. The van der Waals surface area contributed by atoms with Crippen LogP contribution in [0, 0.1) is 12.3 Å². The van der Waals surface area contributed by atoms with E-state index in [4.69, 9.17) is 0 Å². The number of aliphatic hydroxyl groups excluding tert-OH is 1. The Morgan fingerprint density at radius 3 is 2.78 bits per heavy atom. The lowest BCUT2D eigenvalue weighted by Gasteiger charge is -2.26. The number of hydrogen-bond donors (Lipinski definition) is 2. The Kier molecular flexibility index (Phi) is 5.55. The number of aryl methyl sites for hydroxylation is 1. The Morgan fingerprint density at radius 1 is 1.43 bits per heavy atom. The van der Waals surface area contributed by atoms with Gasteiger partial charge in [-0.3, -0.25) is 4.79 Å². The van der Waals surface area contributed by atoms with Gasteiger partial charge in [-0.25, -0.2) is 4.98 Å². The number of carbonyl (C=O) groups is 1. The first-order valence-electron chi connectivity index (χ1n) is 7.76. The third kappa shape index (κ3) is 5.15. The minimum Gasteiger partial charge on any atom is -0.393 e. The van der Waals surface area contributed by atoms with Crippen LogP contribution in [0.15, 0.2) is 29.6 Å². The number of hydrogen-bond acceptors (Lipinski definition) is 4. The first kappa shape index (κ1) is 17.6. The van der Waals surface area contributed by atoms with Crippen LogP contribution in [0.3, 0.4) is 0 Å². The quantitative estimate of drug-likeness (QED) is 0.849. The van der Waals surface area contributed by atoms with E-state index in [2.05, 4.69) is 10.3 Å². The molecule has 1 amide bonds. The number of amides is 1. The van der Waals surface area contributed by atoms with E-state index < -0.39 is 0 Å². The molecule has 2 aromatic rings. The average Bonchev–Trinajstić information content (AvgIpc) is 2.90. The van der Waals surface area contributed by atoms with Crippen molar-refractivity contribution in [3.63, 3.8) is 0 Å². The molecule has 0 fully saturated rings. The molecule has 0 aliphatic carbocycles. The normalized spacial score (nSPS) is 12.9. The highest BCUT2D eigenvalue weighted by atomic mass is 32.1. The summed E-state index contributed by atoms with van der Waals surface area (Å²) in [6, 6.07) is 7.51. The van der Waals surface area contributed by atoms with Gasteiger partial charge in [-0.2, -0.15) is 0 Å². The number of aromatic nitrogens is 1. The summed E-state index contributed by atoms with van der Waals surface area (Å²) < 4.78 is 0. The van der Waals surface area contributed by atoms with Crippen LogP contribution in [-0.4, -0.2) is 28.6 Å². The second-order valence-electron chi connectivity index (χ2n) is 6.73. The van der Waals surface area contributed by atoms with E-state index in [0.29, 0.717) is 18.5 Å². The summed E-state index contributed by atoms with van der Waals surface area (Å²) in [6.45, 7) is 8.33. The van der Waals surface area contributed by atoms with Gasteiger partial charge in [0.05, 0.1) is 16.8 Å². The molecule has 1 atom stereocenters. The average molecular weight is 332 g/mol. The van der Waals surface area contributed by atoms with Crippen molar-refractivity contribution in [2.24, 2.45) is 5.41 Å². The fourth-order valence-electron chi connectivity index (χ4n) is 2.61. The molecule has 124 valence electrons. The fraction of sp³-hybridized carbons (Fsp3) is 0.444. The summed E-state index contributed by atoms with van der Waals surface area (Å²) in [5, 5.41) is 15.5. The molecule has 23 heavy (non-hydrogen) atoms. The maximum absolute atomic E-state index is 12.4. The molecule has 0 spiro atoms. The topological polar surface area (TPSA) is 62.2 Å². The van der Waals surface area contributed by atoms with E-state index in [1.165, 1.54) is 0 Å². The summed E-state index contributed by atoms with van der Waals surface area (Å²) in [5.41, 5.74) is 2.33. The molecule has 0 saturated heterocycles. The van der Waals surface area contributed by atoms with Gasteiger partial charge in [0.15, 0.2) is 0 Å². The number of benzene rings is 1. The molecular weight excluding hydrogens is 308 g/mol. The standard InChI is InChI=1S/C18H24N2O2S/c1-12(21)9-18(3,4)11-19-17(22)15-7-5-6-14(8-15)16-10-23-13(2)20-16/h5-8,10,12,21H,9,11H2,1-4H3,(H,19,22). The van der Waals surface area contributed by atoms with Gasteiger partial charge >= 0.3 is 0 Å². The number of nitrogens with zero attached hydrogens (tertiary/aromatic N) is 1.